The Labute approximate surface area is 82.1 Å². The fraction of sp³-hybridized carbons (Fsp3) is 0.400. The van der Waals surface area contributed by atoms with Crippen LogP contribution in [0.15, 0.2) is 35.4 Å². The Hall–Kier alpha value is -1.51. The van der Waals surface area contributed by atoms with Crippen LogP contribution in [-0.2, 0) is 4.74 Å². The lowest BCUT2D eigenvalue weighted by molar-refractivity contribution is 0.355. The van der Waals surface area contributed by atoms with Crippen LogP contribution in [0.3, 0.4) is 0 Å². The van der Waals surface area contributed by atoms with Gasteiger partial charge < -0.3 is 4.74 Å². The molecule has 1 aromatic carbocycles. The van der Waals surface area contributed by atoms with Crippen molar-refractivity contribution in [2.24, 2.45) is 5.11 Å². The van der Waals surface area contributed by atoms with E-state index in [9.17, 15) is 0 Å². The van der Waals surface area contributed by atoms with Crippen molar-refractivity contribution in [3.63, 3.8) is 0 Å². The first-order valence-corrected chi connectivity index (χ1v) is 4.57. The lowest BCUT2D eigenvalue weighted by Gasteiger charge is -2.07. The molecule has 1 saturated heterocycles. The van der Waals surface area contributed by atoms with Crippen molar-refractivity contribution in [3.05, 3.63) is 46.3 Å². The monoisotopic (exact) mass is 189 g/mol. The topological polar surface area (TPSA) is 61.3 Å². The zero-order chi connectivity index (χ0) is 9.97. The summed E-state index contributed by atoms with van der Waals surface area (Å²) in [4.78, 5) is 2.85. The van der Waals surface area contributed by atoms with Gasteiger partial charge in [0, 0.05) is 4.91 Å². The number of ether oxygens (including phenoxy) is 1. The first kappa shape index (κ1) is 9.06. The molecular formula is C10H11N3O. The summed E-state index contributed by atoms with van der Waals surface area (Å²) < 4.78 is 5.32. The van der Waals surface area contributed by atoms with Crippen LogP contribution in [0, 0.1) is 0 Å². The van der Waals surface area contributed by atoms with E-state index >= 15 is 0 Å². The number of benzene rings is 1. The molecule has 0 amide bonds. The zero-order valence-electron chi connectivity index (χ0n) is 7.87. The van der Waals surface area contributed by atoms with Crippen molar-refractivity contribution in [1.29, 1.82) is 0 Å². The molecule has 0 unspecified atom stereocenters. The van der Waals surface area contributed by atoms with Crippen LogP contribution in [0.1, 0.15) is 18.5 Å². The third-order valence-corrected chi connectivity index (χ3v) is 2.39. The van der Waals surface area contributed by atoms with E-state index in [0.717, 1.165) is 5.56 Å². The minimum atomic E-state index is -0.184. The molecular weight excluding hydrogens is 178 g/mol. The number of hydrogen-bond acceptors (Lipinski definition) is 2. The maximum atomic E-state index is 8.46. The minimum absolute atomic E-state index is 0.0494. The molecule has 0 saturated carbocycles. The molecule has 4 nitrogen and oxygen atoms in total. The second-order valence-corrected chi connectivity index (χ2v) is 3.37. The fourth-order valence-electron chi connectivity index (χ4n) is 1.56. The third-order valence-electron chi connectivity index (χ3n) is 2.39. The first-order chi connectivity index (χ1) is 6.83. The van der Waals surface area contributed by atoms with E-state index in [1.807, 2.05) is 37.3 Å². The predicted octanol–water partition coefficient (Wildman–Crippen LogP) is 2.83. The average molecular weight is 189 g/mol. The van der Waals surface area contributed by atoms with E-state index in [1.165, 1.54) is 0 Å². The van der Waals surface area contributed by atoms with Crippen LogP contribution >= 0.6 is 0 Å². The Bertz CT molecular complexity index is 359. The molecule has 0 radical (unpaired) electrons. The van der Waals surface area contributed by atoms with Crippen molar-refractivity contribution in [3.8, 4) is 0 Å². The minimum Gasteiger partial charge on any atom is -0.369 e. The van der Waals surface area contributed by atoms with E-state index in [1.54, 1.807) is 0 Å². The molecule has 0 bridgehead atoms. The number of hydrogen-bond donors (Lipinski definition) is 0. The summed E-state index contributed by atoms with van der Waals surface area (Å²) in [7, 11) is 0. The van der Waals surface area contributed by atoms with E-state index < -0.39 is 0 Å². The second kappa shape index (κ2) is 3.70. The van der Waals surface area contributed by atoms with Gasteiger partial charge in [0.25, 0.3) is 0 Å². The molecule has 1 aliphatic heterocycles. The summed E-state index contributed by atoms with van der Waals surface area (Å²) in [6, 6.07) is 9.52. The highest BCUT2D eigenvalue weighted by atomic mass is 16.6. The number of azide groups is 1. The van der Waals surface area contributed by atoms with Gasteiger partial charge in [0.15, 0.2) is 0 Å². The van der Waals surface area contributed by atoms with Crippen LogP contribution in [0.4, 0.5) is 0 Å². The molecule has 0 spiro atoms. The van der Waals surface area contributed by atoms with Gasteiger partial charge in [-0.1, -0.05) is 35.4 Å². The largest absolute Gasteiger partial charge is 0.369 e. The lowest BCUT2D eigenvalue weighted by Crippen LogP contribution is -2.04. The van der Waals surface area contributed by atoms with Crippen molar-refractivity contribution < 1.29 is 4.74 Å². The summed E-state index contributed by atoms with van der Waals surface area (Å²) in [6.45, 7) is 1.98. The number of rotatable bonds is 3. The van der Waals surface area contributed by atoms with Crippen LogP contribution in [0.25, 0.3) is 10.4 Å². The number of nitrogens with zero attached hydrogens (tertiary/aromatic N) is 3. The summed E-state index contributed by atoms with van der Waals surface area (Å²) in [6.07, 6.45) is 0.249. The normalized spacial score (nSPS) is 26.4. The summed E-state index contributed by atoms with van der Waals surface area (Å²) in [5.74, 6) is 0. The lowest BCUT2D eigenvalue weighted by atomic mass is 10.0. The molecule has 1 aromatic rings. The smallest absolute Gasteiger partial charge is 0.0964 e. The average Bonchev–Trinajstić information content (AvgIpc) is 2.93. The van der Waals surface area contributed by atoms with Crippen molar-refractivity contribution in [2.75, 3.05) is 0 Å². The molecule has 0 aliphatic carbocycles. The van der Waals surface area contributed by atoms with Gasteiger partial charge in [0.05, 0.1) is 18.2 Å². The van der Waals surface area contributed by atoms with Gasteiger partial charge in [0.2, 0.25) is 0 Å². The highest BCUT2D eigenvalue weighted by molar-refractivity contribution is 5.22. The summed E-state index contributed by atoms with van der Waals surface area (Å²) in [5.41, 5.74) is 9.48. The molecule has 1 fully saturated rings. The van der Waals surface area contributed by atoms with Gasteiger partial charge in [-0.15, -0.1) is 0 Å². The van der Waals surface area contributed by atoms with E-state index in [4.69, 9.17) is 10.3 Å². The maximum Gasteiger partial charge on any atom is 0.0964 e. The van der Waals surface area contributed by atoms with Gasteiger partial charge in [0.1, 0.15) is 0 Å². The van der Waals surface area contributed by atoms with Gasteiger partial charge in [-0.05, 0) is 18.0 Å². The van der Waals surface area contributed by atoms with E-state index in [0.29, 0.717) is 0 Å². The maximum absolute atomic E-state index is 8.46. The quantitative estimate of drug-likeness (QED) is 0.312. The Balaban J connectivity index is 2.23. The molecule has 3 atom stereocenters. The highest BCUT2D eigenvalue weighted by Gasteiger charge is 2.41. The van der Waals surface area contributed by atoms with Crippen molar-refractivity contribution in [2.45, 2.75) is 25.2 Å². The SMILES string of the molecule is C[C@@H]1O[C@H]1[C@H](N=[N+]=[N-])c1ccccc1. The Morgan fingerprint density at radius 2 is 2.07 bits per heavy atom. The molecule has 1 aliphatic rings. The summed E-state index contributed by atoms with van der Waals surface area (Å²) in [5, 5.41) is 3.76. The molecule has 4 heteroatoms. The molecule has 0 aromatic heterocycles. The van der Waals surface area contributed by atoms with Crippen LogP contribution in [0.2, 0.25) is 0 Å². The second-order valence-electron chi connectivity index (χ2n) is 3.37. The highest BCUT2D eigenvalue weighted by Crippen LogP contribution is 2.36. The van der Waals surface area contributed by atoms with Gasteiger partial charge in [-0.3, -0.25) is 0 Å². The van der Waals surface area contributed by atoms with Crippen LogP contribution in [0.5, 0.6) is 0 Å². The number of epoxide rings is 1. The van der Waals surface area contributed by atoms with Crippen molar-refractivity contribution >= 4 is 0 Å². The molecule has 2 rings (SSSR count). The Morgan fingerprint density at radius 3 is 2.57 bits per heavy atom. The summed E-state index contributed by atoms with van der Waals surface area (Å²) >= 11 is 0. The Morgan fingerprint density at radius 1 is 1.43 bits per heavy atom. The van der Waals surface area contributed by atoms with Crippen LogP contribution < -0.4 is 0 Å². The van der Waals surface area contributed by atoms with E-state index in [-0.39, 0.29) is 18.2 Å². The van der Waals surface area contributed by atoms with Gasteiger partial charge in [-0.25, -0.2) is 0 Å². The fourth-order valence-corrected chi connectivity index (χ4v) is 1.56. The zero-order valence-corrected chi connectivity index (χ0v) is 7.87. The van der Waals surface area contributed by atoms with Gasteiger partial charge >= 0.3 is 0 Å². The molecule has 1 heterocycles. The Kier molecular flexibility index (Phi) is 2.39. The molecule has 0 N–H and O–H groups in total. The standard InChI is InChI=1S/C10H11N3O/c1-7-10(14-7)9(12-13-11)8-5-3-2-4-6-8/h2-7,9-10H,1H3/t7-,9+,10+/m0/s1. The first-order valence-electron chi connectivity index (χ1n) is 4.57. The van der Waals surface area contributed by atoms with Crippen LogP contribution in [-0.4, -0.2) is 12.2 Å². The van der Waals surface area contributed by atoms with E-state index in [2.05, 4.69) is 10.0 Å². The molecule has 72 valence electrons. The van der Waals surface area contributed by atoms with Gasteiger partial charge in [-0.2, -0.15) is 0 Å². The molecule has 14 heavy (non-hydrogen) atoms. The van der Waals surface area contributed by atoms with Crippen molar-refractivity contribution in [1.82, 2.24) is 0 Å². The third kappa shape index (κ3) is 1.71. The predicted molar refractivity (Wildman–Crippen MR) is 52.7 cm³/mol.